The van der Waals surface area contributed by atoms with Gasteiger partial charge in [-0.25, -0.2) is 4.98 Å². The monoisotopic (exact) mass is 161 g/mol. The van der Waals surface area contributed by atoms with Crippen molar-refractivity contribution in [2.24, 2.45) is 7.05 Å². The molecule has 0 aromatic carbocycles. The largest absolute Gasteiger partial charge is 0.270 e. The van der Waals surface area contributed by atoms with E-state index in [2.05, 4.69) is 10.1 Å². The van der Waals surface area contributed by atoms with Crippen molar-refractivity contribution in [2.45, 2.75) is 13.8 Å². The maximum absolute atomic E-state index is 4.41. The molecule has 0 bridgehead atoms. The molecule has 0 atom stereocenters. The summed E-state index contributed by atoms with van der Waals surface area (Å²) >= 11 is 0. The number of pyridine rings is 1. The van der Waals surface area contributed by atoms with E-state index in [1.807, 2.05) is 37.7 Å². The molecule has 12 heavy (non-hydrogen) atoms. The zero-order valence-corrected chi connectivity index (χ0v) is 7.50. The summed E-state index contributed by atoms with van der Waals surface area (Å²) in [6, 6.07) is 3.99. The summed E-state index contributed by atoms with van der Waals surface area (Å²) < 4.78 is 1.86. The highest BCUT2D eigenvalue weighted by Crippen LogP contribution is 2.14. The van der Waals surface area contributed by atoms with Gasteiger partial charge in [0.1, 0.15) is 11.0 Å². The smallest absolute Gasteiger partial charge is 0.111 e. The Hall–Kier alpha value is -1.38. The molecule has 0 aliphatic rings. The van der Waals surface area contributed by atoms with Crippen molar-refractivity contribution >= 4 is 11.0 Å². The molecule has 2 aromatic rings. The Balaban J connectivity index is 2.88. The normalized spacial score (nSPS) is 10.9. The molecule has 2 heterocycles. The van der Waals surface area contributed by atoms with Crippen LogP contribution in [0.15, 0.2) is 12.1 Å². The van der Waals surface area contributed by atoms with Gasteiger partial charge >= 0.3 is 0 Å². The van der Waals surface area contributed by atoms with Crippen molar-refractivity contribution in [3.8, 4) is 0 Å². The maximum atomic E-state index is 4.41. The molecule has 0 aliphatic carbocycles. The highest BCUT2D eigenvalue weighted by atomic mass is 15.3. The predicted molar refractivity (Wildman–Crippen MR) is 48.0 cm³/mol. The van der Waals surface area contributed by atoms with Gasteiger partial charge in [0.05, 0.1) is 5.69 Å². The zero-order chi connectivity index (χ0) is 8.72. The summed E-state index contributed by atoms with van der Waals surface area (Å²) in [5.41, 5.74) is 4.14. The minimum absolute atomic E-state index is 0.973. The Labute approximate surface area is 71.0 Å². The number of aryl methyl sites for hydroxylation is 3. The number of hydrogen-bond donors (Lipinski definition) is 0. The second-order valence-electron chi connectivity index (χ2n) is 3.03. The summed E-state index contributed by atoms with van der Waals surface area (Å²) in [5, 5.41) is 4.31. The molecule has 0 amide bonds. The first-order chi connectivity index (χ1) is 5.68. The molecular weight excluding hydrogens is 150 g/mol. The van der Waals surface area contributed by atoms with E-state index in [4.69, 9.17) is 0 Å². The quantitative estimate of drug-likeness (QED) is 0.587. The third kappa shape index (κ3) is 0.897. The molecule has 3 heteroatoms. The number of nitrogens with zero attached hydrogens (tertiary/aromatic N) is 3. The first kappa shape index (κ1) is 7.28. The van der Waals surface area contributed by atoms with Gasteiger partial charge in [0, 0.05) is 12.7 Å². The lowest BCUT2D eigenvalue weighted by Crippen LogP contribution is -1.91. The number of aromatic nitrogens is 3. The van der Waals surface area contributed by atoms with Crippen LogP contribution in [0, 0.1) is 13.8 Å². The molecule has 0 N–H and O–H groups in total. The minimum atomic E-state index is 0.973. The predicted octanol–water partition coefficient (Wildman–Crippen LogP) is 1.59. The number of hydrogen-bond acceptors (Lipinski definition) is 2. The van der Waals surface area contributed by atoms with Crippen LogP contribution in [0.25, 0.3) is 11.0 Å². The van der Waals surface area contributed by atoms with Gasteiger partial charge in [-0.05, 0) is 26.0 Å². The Kier molecular flexibility index (Phi) is 1.40. The Bertz CT molecular complexity index is 429. The molecule has 2 rings (SSSR count). The molecule has 0 fully saturated rings. The van der Waals surface area contributed by atoms with E-state index in [0.717, 1.165) is 22.4 Å². The van der Waals surface area contributed by atoms with Gasteiger partial charge in [0.15, 0.2) is 0 Å². The second kappa shape index (κ2) is 2.30. The van der Waals surface area contributed by atoms with E-state index in [-0.39, 0.29) is 0 Å². The molecule has 62 valence electrons. The van der Waals surface area contributed by atoms with Crippen molar-refractivity contribution in [3.05, 3.63) is 23.5 Å². The summed E-state index contributed by atoms with van der Waals surface area (Å²) in [6.07, 6.45) is 0. The molecule has 0 aliphatic heterocycles. The lowest BCUT2D eigenvalue weighted by molar-refractivity contribution is 0.750. The van der Waals surface area contributed by atoms with Gasteiger partial charge in [0.2, 0.25) is 0 Å². The topological polar surface area (TPSA) is 30.7 Å². The molecule has 3 nitrogen and oxygen atoms in total. The Morgan fingerprint density at radius 3 is 2.75 bits per heavy atom. The molecular formula is C9H11N3. The Morgan fingerprint density at radius 1 is 1.25 bits per heavy atom. The van der Waals surface area contributed by atoms with E-state index in [0.29, 0.717) is 0 Å². The van der Waals surface area contributed by atoms with Crippen molar-refractivity contribution in [2.75, 3.05) is 0 Å². The van der Waals surface area contributed by atoms with Crippen LogP contribution in [-0.2, 0) is 7.05 Å². The van der Waals surface area contributed by atoms with Crippen LogP contribution in [0.2, 0.25) is 0 Å². The lowest BCUT2D eigenvalue weighted by atomic mass is 10.3. The van der Waals surface area contributed by atoms with Gasteiger partial charge in [-0.15, -0.1) is 0 Å². The first-order valence-electron chi connectivity index (χ1n) is 3.95. The first-order valence-corrected chi connectivity index (χ1v) is 3.95. The van der Waals surface area contributed by atoms with Crippen LogP contribution in [0.1, 0.15) is 11.4 Å². The molecule has 0 unspecified atom stereocenters. The van der Waals surface area contributed by atoms with Crippen molar-refractivity contribution in [3.63, 3.8) is 0 Å². The minimum Gasteiger partial charge on any atom is -0.270 e. The summed E-state index contributed by atoms with van der Waals surface area (Å²) in [4.78, 5) is 4.41. The fourth-order valence-corrected chi connectivity index (χ4v) is 1.29. The van der Waals surface area contributed by atoms with Crippen LogP contribution >= 0.6 is 0 Å². The second-order valence-corrected chi connectivity index (χ2v) is 3.03. The molecule has 0 saturated heterocycles. The molecule has 0 saturated carbocycles. The summed E-state index contributed by atoms with van der Waals surface area (Å²) in [6.45, 7) is 4.02. The zero-order valence-electron chi connectivity index (χ0n) is 7.50. The van der Waals surface area contributed by atoms with Crippen LogP contribution in [-0.4, -0.2) is 14.8 Å². The van der Waals surface area contributed by atoms with Crippen molar-refractivity contribution < 1.29 is 0 Å². The van der Waals surface area contributed by atoms with Crippen molar-refractivity contribution in [1.82, 2.24) is 14.8 Å². The van der Waals surface area contributed by atoms with Crippen LogP contribution < -0.4 is 0 Å². The van der Waals surface area contributed by atoms with Crippen LogP contribution in [0.5, 0.6) is 0 Å². The average molecular weight is 161 g/mol. The van der Waals surface area contributed by atoms with Crippen molar-refractivity contribution in [1.29, 1.82) is 0 Å². The molecule has 0 spiro atoms. The standard InChI is InChI=1S/C9H11N3/c1-6-4-5-8-9(10-6)7(2)12(3)11-8/h4-5H,1-3H3. The third-order valence-electron chi connectivity index (χ3n) is 2.10. The Morgan fingerprint density at radius 2 is 2.00 bits per heavy atom. The molecule has 2 aromatic heterocycles. The van der Waals surface area contributed by atoms with Gasteiger partial charge in [-0.3, -0.25) is 4.68 Å². The van der Waals surface area contributed by atoms with Crippen LogP contribution in [0.3, 0.4) is 0 Å². The number of fused-ring (bicyclic) bond motifs is 1. The number of rotatable bonds is 0. The van der Waals surface area contributed by atoms with Gasteiger partial charge < -0.3 is 0 Å². The van der Waals surface area contributed by atoms with E-state index >= 15 is 0 Å². The SMILES string of the molecule is Cc1ccc2nn(C)c(C)c2n1. The maximum Gasteiger partial charge on any atom is 0.111 e. The van der Waals surface area contributed by atoms with E-state index in [1.165, 1.54) is 0 Å². The highest BCUT2D eigenvalue weighted by molar-refractivity contribution is 5.76. The fourth-order valence-electron chi connectivity index (χ4n) is 1.29. The van der Waals surface area contributed by atoms with Gasteiger partial charge in [-0.1, -0.05) is 0 Å². The lowest BCUT2D eigenvalue weighted by Gasteiger charge is -1.92. The third-order valence-corrected chi connectivity index (χ3v) is 2.10. The van der Waals surface area contributed by atoms with E-state index in [1.54, 1.807) is 0 Å². The van der Waals surface area contributed by atoms with E-state index < -0.39 is 0 Å². The molecule has 0 radical (unpaired) electrons. The van der Waals surface area contributed by atoms with Crippen LogP contribution in [0.4, 0.5) is 0 Å². The van der Waals surface area contributed by atoms with Gasteiger partial charge in [0.25, 0.3) is 0 Å². The summed E-state index contributed by atoms with van der Waals surface area (Å²) in [5.74, 6) is 0. The van der Waals surface area contributed by atoms with Gasteiger partial charge in [-0.2, -0.15) is 5.10 Å². The highest BCUT2D eigenvalue weighted by Gasteiger charge is 2.04. The summed E-state index contributed by atoms with van der Waals surface area (Å²) in [7, 11) is 1.94. The average Bonchev–Trinajstić information content (AvgIpc) is 2.31. The van der Waals surface area contributed by atoms with E-state index in [9.17, 15) is 0 Å². The fraction of sp³-hybridized carbons (Fsp3) is 0.333.